The van der Waals surface area contributed by atoms with E-state index in [1.54, 1.807) is 6.07 Å². The number of carboxylic acid groups (broad SMARTS) is 1. The SMILES string of the molecule is Cc1ccc(Nc2ccc(N(C)c3ccc(C4CCCCC4)cc3)cc2C)c(C(=O)O)c1. The molecule has 166 valence electrons. The number of anilines is 4. The summed E-state index contributed by atoms with van der Waals surface area (Å²) in [5.74, 6) is -0.213. The van der Waals surface area contributed by atoms with Crippen LogP contribution >= 0.6 is 0 Å². The molecule has 4 heteroatoms. The van der Waals surface area contributed by atoms with E-state index in [0.717, 1.165) is 28.2 Å². The van der Waals surface area contributed by atoms with Gasteiger partial charge in [0.2, 0.25) is 0 Å². The fraction of sp³-hybridized carbons (Fsp3) is 0.321. The van der Waals surface area contributed by atoms with E-state index in [9.17, 15) is 9.90 Å². The highest BCUT2D eigenvalue weighted by molar-refractivity contribution is 5.95. The number of benzene rings is 3. The Morgan fingerprint density at radius 1 is 0.875 bits per heavy atom. The van der Waals surface area contributed by atoms with Crippen molar-refractivity contribution in [3.05, 3.63) is 82.9 Å². The number of nitrogens with one attached hydrogen (secondary N) is 1. The van der Waals surface area contributed by atoms with Crippen molar-refractivity contribution in [1.29, 1.82) is 0 Å². The Morgan fingerprint density at radius 2 is 1.53 bits per heavy atom. The van der Waals surface area contributed by atoms with Gasteiger partial charge in [0.25, 0.3) is 0 Å². The third kappa shape index (κ3) is 4.80. The van der Waals surface area contributed by atoms with Gasteiger partial charge in [0, 0.05) is 24.1 Å². The van der Waals surface area contributed by atoms with Crippen molar-refractivity contribution in [2.45, 2.75) is 51.9 Å². The van der Waals surface area contributed by atoms with Crippen molar-refractivity contribution in [3.63, 3.8) is 0 Å². The van der Waals surface area contributed by atoms with Gasteiger partial charge in [-0.1, -0.05) is 43.0 Å². The van der Waals surface area contributed by atoms with Crippen molar-refractivity contribution in [2.24, 2.45) is 0 Å². The number of aromatic carboxylic acids is 1. The minimum Gasteiger partial charge on any atom is -0.478 e. The average Bonchev–Trinajstić information content (AvgIpc) is 2.81. The molecule has 0 radical (unpaired) electrons. The van der Waals surface area contributed by atoms with Crippen molar-refractivity contribution < 1.29 is 9.90 Å². The number of carboxylic acids is 1. The van der Waals surface area contributed by atoms with Crippen molar-refractivity contribution >= 4 is 28.7 Å². The van der Waals surface area contributed by atoms with Gasteiger partial charge in [0.05, 0.1) is 11.3 Å². The topological polar surface area (TPSA) is 52.6 Å². The van der Waals surface area contributed by atoms with E-state index in [1.807, 2.05) is 32.0 Å². The number of hydrogen-bond donors (Lipinski definition) is 2. The second kappa shape index (κ2) is 9.47. The van der Waals surface area contributed by atoms with Gasteiger partial charge in [0.1, 0.15) is 0 Å². The van der Waals surface area contributed by atoms with Crippen LogP contribution in [-0.2, 0) is 0 Å². The normalized spacial score (nSPS) is 14.2. The van der Waals surface area contributed by atoms with Crippen molar-refractivity contribution in [3.8, 4) is 0 Å². The Bertz CT molecular complexity index is 1100. The van der Waals surface area contributed by atoms with Gasteiger partial charge < -0.3 is 15.3 Å². The molecule has 0 unspecified atom stereocenters. The molecule has 3 aromatic rings. The van der Waals surface area contributed by atoms with Gasteiger partial charge in [0.15, 0.2) is 0 Å². The second-order valence-electron chi connectivity index (χ2n) is 8.96. The molecule has 0 aliphatic heterocycles. The summed E-state index contributed by atoms with van der Waals surface area (Å²) in [7, 11) is 2.08. The van der Waals surface area contributed by atoms with Crippen LogP contribution in [-0.4, -0.2) is 18.1 Å². The summed E-state index contributed by atoms with van der Waals surface area (Å²) < 4.78 is 0. The van der Waals surface area contributed by atoms with E-state index in [-0.39, 0.29) is 5.56 Å². The summed E-state index contributed by atoms with van der Waals surface area (Å²) in [6.45, 7) is 3.94. The highest BCUT2D eigenvalue weighted by Crippen LogP contribution is 2.35. The molecule has 4 rings (SSSR count). The van der Waals surface area contributed by atoms with Crippen LogP contribution in [0.5, 0.6) is 0 Å². The lowest BCUT2D eigenvalue weighted by Gasteiger charge is -2.24. The highest BCUT2D eigenvalue weighted by atomic mass is 16.4. The molecule has 0 heterocycles. The van der Waals surface area contributed by atoms with E-state index in [1.165, 1.54) is 37.7 Å². The lowest BCUT2D eigenvalue weighted by Crippen LogP contribution is -2.11. The zero-order valence-electron chi connectivity index (χ0n) is 19.2. The quantitative estimate of drug-likeness (QED) is 0.425. The van der Waals surface area contributed by atoms with E-state index in [2.05, 4.69) is 53.7 Å². The van der Waals surface area contributed by atoms with Crippen molar-refractivity contribution in [1.82, 2.24) is 0 Å². The first-order valence-electron chi connectivity index (χ1n) is 11.5. The van der Waals surface area contributed by atoms with E-state index in [4.69, 9.17) is 0 Å². The molecule has 32 heavy (non-hydrogen) atoms. The zero-order chi connectivity index (χ0) is 22.7. The molecular weight excluding hydrogens is 396 g/mol. The van der Waals surface area contributed by atoms with Crippen LogP contribution < -0.4 is 10.2 Å². The molecule has 0 bridgehead atoms. The summed E-state index contributed by atoms with van der Waals surface area (Å²) in [5.41, 5.74) is 7.50. The van der Waals surface area contributed by atoms with Crippen LogP contribution in [0.15, 0.2) is 60.7 Å². The second-order valence-corrected chi connectivity index (χ2v) is 8.96. The Labute approximate surface area is 190 Å². The maximum absolute atomic E-state index is 11.6. The molecule has 3 aromatic carbocycles. The van der Waals surface area contributed by atoms with Gasteiger partial charge in [-0.05, 0) is 86.2 Å². The Morgan fingerprint density at radius 3 is 2.19 bits per heavy atom. The van der Waals surface area contributed by atoms with Gasteiger partial charge in [-0.3, -0.25) is 0 Å². The Kier molecular flexibility index (Phi) is 6.50. The molecule has 0 aromatic heterocycles. The number of rotatable bonds is 6. The zero-order valence-corrected chi connectivity index (χ0v) is 19.2. The van der Waals surface area contributed by atoms with Crippen molar-refractivity contribution in [2.75, 3.05) is 17.3 Å². The molecule has 0 amide bonds. The summed E-state index contributed by atoms with van der Waals surface area (Å²) in [4.78, 5) is 13.8. The van der Waals surface area contributed by atoms with Gasteiger partial charge in [-0.2, -0.15) is 0 Å². The van der Waals surface area contributed by atoms with Crippen LogP contribution in [0.25, 0.3) is 0 Å². The molecule has 0 spiro atoms. The molecule has 0 saturated heterocycles. The van der Waals surface area contributed by atoms with E-state index in [0.29, 0.717) is 11.6 Å². The molecule has 0 atom stereocenters. The minimum atomic E-state index is -0.929. The fourth-order valence-electron chi connectivity index (χ4n) is 4.64. The number of carbonyl (C=O) groups is 1. The lowest BCUT2D eigenvalue weighted by molar-refractivity contribution is 0.0698. The average molecular weight is 429 g/mol. The number of nitrogens with zero attached hydrogens (tertiary/aromatic N) is 1. The maximum atomic E-state index is 11.6. The Balaban J connectivity index is 1.51. The summed E-state index contributed by atoms with van der Waals surface area (Å²) >= 11 is 0. The first-order chi connectivity index (χ1) is 15.4. The smallest absolute Gasteiger partial charge is 0.337 e. The summed E-state index contributed by atoms with van der Waals surface area (Å²) in [6, 6.07) is 20.7. The molecule has 1 aliphatic carbocycles. The lowest BCUT2D eigenvalue weighted by atomic mass is 9.84. The van der Waals surface area contributed by atoms with E-state index >= 15 is 0 Å². The monoisotopic (exact) mass is 428 g/mol. The van der Waals surface area contributed by atoms with Gasteiger partial charge >= 0.3 is 5.97 Å². The molecule has 1 saturated carbocycles. The summed E-state index contributed by atoms with van der Waals surface area (Å²) in [5, 5.41) is 12.8. The summed E-state index contributed by atoms with van der Waals surface area (Å²) in [6.07, 6.45) is 6.70. The first-order valence-corrected chi connectivity index (χ1v) is 11.5. The molecule has 1 aliphatic rings. The predicted octanol–water partition coefficient (Wildman–Crippen LogP) is 7.56. The van der Waals surface area contributed by atoms with Crippen LogP contribution in [0, 0.1) is 13.8 Å². The Hall–Kier alpha value is -3.27. The molecule has 1 fully saturated rings. The predicted molar refractivity (Wildman–Crippen MR) is 133 cm³/mol. The van der Waals surface area contributed by atoms with Gasteiger partial charge in [-0.25, -0.2) is 4.79 Å². The maximum Gasteiger partial charge on any atom is 0.337 e. The minimum absolute atomic E-state index is 0.281. The molecule has 2 N–H and O–H groups in total. The van der Waals surface area contributed by atoms with Crippen LogP contribution in [0.3, 0.4) is 0 Å². The molecular formula is C28H32N2O2. The number of aryl methyl sites for hydroxylation is 2. The fourth-order valence-corrected chi connectivity index (χ4v) is 4.64. The van der Waals surface area contributed by atoms with Crippen LogP contribution in [0.1, 0.15) is 65.1 Å². The van der Waals surface area contributed by atoms with Crippen LogP contribution in [0.4, 0.5) is 22.7 Å². The van der Waals surface area contributed by atoms with E-state index < -0.39 is 5.97 Å². The third-order valence-corrected chi connectivity index (χ3v) is 6.63. The largest absolute Gasteiger partial charge is 0.478 e. The number of hydrogen-bond acceptors (Lipinski definition) is 3. The highest BCUT2D eigenvalue weighted by Gasteiger charge is 2.16. The first kappa shape index (κ1) is 21.9. The standard InChI is InChI=1S/C28H32N2O2/c1-19-9-15-27(25(17-19)28(31)32)29-26-16-14-24(18-20(26)2)30(3)23-12-10-22(11-13-23)21-7-5-4-6-8-21/h9-18,21,29H,4-8H2,1-3H3,(H,31,32). The van der Waals surface area contributed by atoms with Crippen LogP contribution in [0.2, 0.25) is 0 Å². The third-order valence-electron chi connectivity index (χ3n) is 6.63. The molecule has 4 nitrogen and oxygen atoms in total. The van der Waals surface area contributed by atoms with Gasteiger partial charge in [-0.15, -0.1) is 0 Å².